The van der Waals surface area contributed by atoms with Gasteiger partial charge in [0.25, 0.3) is 0 Å². The van der Waals surface area contributed by atoms with E-state index in [2.05, 4.69) is 62.4 Å². The maximum atomic E-state index is 2.22. The molecule has 1 heteroatoms. The van der Waals surface area contributed by atoms with E-state index in [1.54, 1.807) is 0 Å². The first-order valence-corrected chi connectivity index (χ1v) is 5.65. The minimum atomic E-state index is 0. The van der Waals surface area contributed by atoms with Crippen molar-refractivity contribution in [1.82, 2.24) is 0 Å². The molecule has 0 atom stereocenters. The molecule has 1 radical (unpaired) electrons. The SMILES string of the molecule is CC(C)=C1c2ccccc2-c2ccccc21.[V]. The third-order valence-corrected chi connectivity index (χ3v) is 3.18. The van der Waals surface area contributed by atoms with Crippen LogP contribution >= 0.6 is 0 Å². The van der Waals surface area contributed by atoms with E-state index in [9.17, 15) is 0 Å². The third kappa shape index (κ3) is 1.78. The van der Waals surface area contributed by atoms with E-state index in [1.165, 1.54) is 33.4 Å². The molecule has 0 nitrogen and oxygen atoms in total. The van der Waals surface area contributed by atoms with E-state index in [-0.39, 0.29) is 18.6 Å². The fourth-order valence-corrected chi connectivity index (χ4v) is 2.56. The molecular weight excluding hydrogens is 243 g/mol. The average Bonchev–Trinajstić information content (AvgIpc) is 2.63. The molecule has 0 unspecified atom stereocenters. The van der Waals surface area contributed by atoms with E-state index in [0.29, 0.717) is 0 Å². The summed E-state index contributed by atoms with van der Waals surface area (Å²) in [5.41, 5.74) is 8.29. The zero-order valence-electron chi connectivity index (χ0n) is 10.1. The monoisotopic (exact) mass is 257 g/mol. The normalized spacial score (nSPS) is 11.5. The largest absolute Gasteiger partial charge is 0.0679 e. The molecule has 1 aliphatic rings. The summed E-state index contributed by atoms with van der Waals surface area (Å²) >= 11 is 0. The number of fused-ring (bicyclic) bond motifs is 3. The zero-order valence-corrected chi connectivity index (χ0v) is 11.5. The summed E-state index contributed by atoms with van der Waals surface area (Å²) < 4.78 is 0. The van der Waals surface area contributed by atoms with Crippen molar-refractivity contribution in [2.45, 2.75) is 13.8 Å². The minimum absolute atomic E-state index is 0. The smallest absolute Gasteiger partial charge is 0 e. The molecule has 83 valence electrons. The van der Waals surface area contributed by atoms with E-state index in [4.69, 9.17) is 0 Å². The molecule has 0 aliphatic heterocycles. The third-order valence-electron chi connectivity index (χ3n) is 3.18. The average molecular weight is 257 g/mol. The molecule has 0 amide bonds. The van der Waals surface area contributed by atoms with Gasteiger partial charge in [-0.05, 0) is 41.7 Å². The molecule has 0 spiro atoms. The van der Waals surface area contributed by atoms with E-state index < -0.39 is 0 Å². The molecule has 2 aromatic rings. The van der Waals surface area contributed by atoms with Crippen molar-refractivity contribution in [3.63, 3.8) is 0 Å². The fraction of sp³-hybridized carbons (Fsp3) is 0.125. The maximum absolute atomic E-state index is 2.22. The second-order valence-electron chi connectivity index (χ2n) is 4.47. The van der Waals surface area contributed by atoms with Crippen molar-refractivity contribution < 1.29 is 18.6 Å². The van der Waals surface area contributed by atoms with Gasteiger partial charge in [-0.3, -0.25) is 0 Å². The van der Waals surface area contributed by atoms with E-state index in [0.717, 1.165) is 0 Å². The summed E-state index contributed by atoms with van der Waals surface area (Å²) in [6.45, 7) is 4.38. The Morgan fingerprint density at radius 2 is 1.00 bits per heavy atom. The van der Waals surface area contributed by atoms with E-state index >= 15 is 0 Å². The summed E-state index contributed by atoms with van der Waals surface area (Å²) in [4.78, 5) is 0. The molecule has 0 heterocycles. The van der Waals surface area contributed by atoms with Gasteiger partial charge in [-0.25, -0.2) is 0 Å². The van der Waals surface area contributed by atoms with Crippen LogP contribution in [0.25, 0.3) is 16.7 Å². The van der Waals surface area contributed by atoms with Crippen LogP contribution < -0.4 is 0 Å². The van der Waals surface area contributed by atoms with Crippen molar-refractivity contribution in [2.75, 3.05) is 0 Å². The van der Waals surface area contributed by atoms with Crippen LogP contribution in [-0.4, -0.2) is 0 Å². The summed E-state index contributed by atoms with van der Waals surface area (Å²) in [6.07, 6.45) is 0. The van der Waals surface area contributed by atoms with Gasteiger partial charge < -0.3 is 0 Å². The Balaban J connectivity index is 0.00000108. The molecule has 0 fully saturated rings. The first-order valence-electron chi connectivity index (χ1n) is 5.65. The first kappa shape index (κ1) is 12.2. The van der Waals surface area contributed by atoms with Crippen LogP contribution in [0.3, 0.4) is 0 Å². The van der Waals surface area contributed by atoms with Crippen molar-refractivity contribution >= 4 is 5.57 Å². The van der Waals surface area contributed by atoms with Crippen LogP contribution in [0.1, 0.15) is 25.0 Å². The van der Waals surface area contributed by atoms with Gasteiger partial charge in [-0.15, -0.1) is 0 Å². The second kappa shape index (κ2) is 4.56. The predicted molar refractivity (Wildman–Crippen MR) is 69.2 cm³/mol. The Morgan fingerprint density at radius 1 is 0.647 bits per heavy atom. The summed E-state index contributed by atoms with van der Waals surface area (Å²) in [5.74, 6) is 0. The first-order chi connectivity index (χ1) is 7.79. The number of benzene rings is 2. The van der Waals surface area contributed by atoms with Crippen molar-refractivity contribution in [1.29, 1.82) is 0 Å². The standard InChI is InChI=1S/C16H14.V/c1-11(2)16-14-9-5-3-7-12(14)13-8-4-6-10-15(13)16;/h3-10H,1-2H3;. The predicted octanol–water partition coefficient (Wildman–Crippen LogP) is 4.51. The van der Waals surface area contributed by atoms with Crippen LogP contribution in [-0.2, 0) is 18.6 Å². The minimum Gasteiger partial charge on any atom is -0.0679 e. The fourth-order valence-electron chi connectivity index (χ4n) is 2.56. The Bertz CT molecular complexity index is 542. The Kier molecular flexibility index (Phi) is 3.28. The van der Waals surface area contributed by atoms with Crippen LogP contribution in [0, 0.1) is 0 Å². The topological polar surface area (TPSA) is 0 Å². The summed E-state index contributed by atoms with van der Waals surface area (Å²) in [6, 6.07) is 17.3. The van der Waals surface area contributed by atoms with Gasteiger partial charge in [0, 0.05) is 18.6 Å². The van der Waals surface area contributed by atoms with Crippen LogP contribution in [0.5, 0.6) is 0 Å². The van der Waals surface area contributed by atoms with Crippen molar-refractivity contribution in [3.8, 4) is 11.1 Å². The molecule has 1 aliphatic carbocycles. The Labute approximate surface area is 114 Å². The van der Waals surface area contributed by atoms with Gasteiger partial charge in [-0.2, -0.15) is 0 Å². The quantitative estimate of drug-likeness (QED) is 0.556. The zero-order chi connectivity index (χ0) is 11.1. The molecule has 2 aromatic carbocycles. The van der Waals surface area contributed by atoms with E-state index in [1.807, 2.05) is 0 Å². The molecule has 3 rings (SSSR count). The number of rotatable bonds is 0. The van der Waals surface area contributed by atoms with Crippen molar-refractivity contribution in [3.05, 3.63) is 65.2 Å². The maximum Gasteiger partial charge on any atom is 0 e. The molecule has 0 N–H and O–H groups in total. The van der Waals surface area contributed by atoms with Crippen LogP contribution in [0.15, 0.2) is 54.1 Å². The Hall–Kier alpha value is -1.24. The molecule has 0 aromatic heterocycles. The molecule has 0 saturated carbocycles. The van der Waals surface area contributed by atoms with Crippen molar-refractivity contribution in [2.24, 2.45) is 0 Å². The van der Waals surface area contributed by atoms with Gasteiger partial charge in [0.2, 0.25) is 0 Å². The van der Waals surface area contributed by atoms with Gasteiger partial charge in [-0.1, -0.05) is 54.1 Å². The molecular formula is C16H14V. The van der Waals surface area contributed by atoms with Gasteiger partial charge >= 0.3 is 0 Å². The van der Waals surface area contributed by atoms with Crippen LogP contribution in [0.4, 0.5) is 0 Å². The summed E-state index contributed by atoms with van der Waals surface area (Å²) in [7, 11) is 0. The van der Waals surface area contributed by atoms with Gasteiger partial charge in [0.15, 0.2) is 0 Å². The summed E-state index contributed by atoms with van der Waals surface area (Å²) in [5, 5.41) is 0. The van der Waals surface area contributed by atoms with Gasteiger partial charge in [0.05, 0.1) is 0 Å². The molecule has 17 heavy (non-hydrogen) atoms. The van der Waals surface area contributed by atoms with Crippen LogP contribution in [0.2, 0.25) is 0 Å². The Morgan fingerprint density at radius 3 is 1.35 bits per heavy atom. The molecule has 0 saturated heterocycles. The second-order valence-corrected chi connectivity index (χ2v) is 4.47. The number of hydrogen-bond acceptors (Lipinski definition) is 0. The van der Waals surface area contributed by atoms with Gasteiger partial charge in [0.1, 0.15) is 0 Å². The number of allylic oxidation sites excluding steroid dienone is 1. The number of hydrogen-bond donors (Lipinski definition) is 0. The molecule has 0 bridgehead atoms.